The van der Waals surface area contributed by atoms with Crippen LogP contribution >= 0.6 is 0 Å². The largest absolute Gasteiger partial charge is 0.496 e. The molecule has 2 aliphatic rings. The molecule has 2 saturated heterocycles. The number of methoxy groups -OCH3 is 1. The highest BCUT2D eigenvalue weighted by Crippen LogP contribution is 2.31. The Kier molecular flexibility index (Phi) is 4.41. The summed E-state index contributed by atoms with van der Waals surface area (Å²) in [6.07, 6.45) is -0.861. The molecule has 0 saturated carbocycles. The van der Waals surface area contributed by atoms with Crippen molar-refractivity contribution in [1.29, 1.82) is 0 Å². The first-order chi connectivity index (χ1) is 11.3. The second kappa shape index (κ2) is 6.23. The van der Waals surface area contributed by atoms with Crippen molar-refractivity contribution in [3.05, 3.63) is 29.8 Å². The number of para-hydroxylation sites is 1. The summed E-state index contributed by atoms with van der Waals surface area (Å²) < 4.78 is 37.8. The van der Waals surface area contributed by atoms with Gasteiger partial charge in [-0.05, 0) is 6.07 Å². The molecule has 0 N–H and O–H groups in total. The van der Waals surface area contributed by atoms with Crippen LogP contribution in [0.3, 0.4) is 0 Å². The Morgan fingerprint density at radius 2 is 2.00 bits per heavy atom. The van der Waals surface area contributed by atoms with Gasteiger partial charge in [-0.1, -0.05) is 18.2 Å². The lowest BCUT2D eigenvalue weighted by Gasteiger charge is -2.24. The standard InChI is InChI=1S/C15H21N3O5S/c1-16(2)24(20,21)17-9-12-14(10-17)23-15(19)18(12)8-11-6-4-5-7-13(11)22-3/h4-7,12,14H,8-10H2,1-3H3/t12-,14+/m1/s1. The quantitative estimate of drug-likeness (QED) is 0.769. The van der Waals surface area contributed by atoms with Crippen LogP contribution in [0.5, 0.6) is 5.75 Å². The second-order valence-corrected chi connectivity index (χ2v) is 8.18. The summed E-state index contributed by atoms with van der Waals surface area (Å²) in [5.74, 6) is 0.685. The molecule has 2 fully saturated rings. The molecule has 9 heteroatoms. The van der Waals surface area contributed by atoms with Crippen molar-refractivity contribution in [3.63, 3.8) is 0 Å². The molecule has 3 rings (SSSR count). The molecule has 0 aromatic heterocycles. The van der Waals surface area contributed by atoms with E-state index in [1.54, 1.807) is 12.0 Å². The van der Waals surface area contributed by atoms with E-state index in [1.807, 2.05) is 24.3 Å². The number of rotatable bonds is 5. The van der Waals surface area contributed by atoms with Crippen molar-refractivity contribution in [2.75, 3.05) is 34.3 Å². The lowest BCUT2D eigenvalue weighted by molar-refractivity contribution is 0.128. The summed E-state index contributed by atoms with van der Waals surface area (Å²) in [4.78, 5) is 13.7. The summed E-state index contributed by atoms with van der Waals surface area (Å²) in [5.41, 5.74) is 0.853. The van der Waals surface area contributed by atoms with Crippen molar-refractivity contribution < 1.29 is 22.7 Å². The number of amides is 1. The number of nitrogens with zero attached hydrogens (tertiary/aromatic N) is 3. The van der Waals surface area contributed by atoms with Crippen molar-refractivity contribution in [3.8, 4) is 5.75 Å². The van der Waals surface area contributed by atoms with Crippen molar-refractivity contribution >= 4 is 16.3 Å². The summed E-state index contributed by atoms with van der Waals surface area (Å²) in [6, 6.07) is 7.13. The average molecular weight is 355 g/mol. The monoisotopic (exact) mass is 355 g/mol. The number of benzene rings is 1. The summed E-state index contributed by atoms with van der Waals surface area (Å²) in [7, 11) is 1.03. The lowest BCUT2D eigenvalue weighted by atomic mass is 10.1. The Labute approximate surface area is 141 Å². The van der Waals surface area contributed by atoms with Crippen LogP contribution in [0.2, 0.25) is 0 Å². The fourth-order valence-corrected chi connectivity index (χ4v) is 4.23. The third kappa shape index (κ3) is 2.83. The van der Waals surface area contributed by atoms with Crippen LogP contribution in [0.1, 0.15) is 5.56 Å². The Morgan fingerprint density at radius 1 is 1.29 bits per heavy atom. The van der Waals surface area contributed by atoms with Crippen LogP contribution in [0.4, 0.5) is 4.79 Å². The second-order valence-electron chi connectivity index (χ2n) is 6.04. The number of carbonyl (C=O) groups excluding carboxylic acids is 1. The third-order valence-corrected chi connectivity index (χ3v) is 6.29. The summed E-state index contributed by atoms with van der Waals surface area (Å²) in [6.45, 7) is 0.727. The Hall–Kier alpha value is -1.84. The first-order valence-electron chi connectivity index (χ1n) is 7.61. The zero-order valence-corrected chi connectivity index (χ0v) is 14.7. The van der Waals surface area contributed by atoms with Gasteiger partial charge in [0.2, 0.25) is 0 Å². The van der Waals surface area contributed by atoms with Gasteiger partial charge in [-0.2, -0.15) is 17.0 Å². The predicted molar refractivity (Wildman–Crippen MR) is 86.8 cm³/mol. The molecule has 1 aromatic rings. The molecule has 0 spiro atoms. The van der Waals surface area contributed by atoms with E-state index < -0.39 is 22.4 Å². The molecule has 0 aliphatic carbocycles. The summed E-state index contributed by atoms with van der Waals surface area (Å²) in [5, 5.41) is 0. The van der Waals surface area contributed by atoms with E-state index in [0.29, 0.717) is 12.3 Å². The Bertz CT molecular complexity index is 736. The minimum absolute atomic E-state index is 0.180. The van der Waals surface area contributed by atoms with E-state index in [2.05, 4.69) is 0 Å². The van der Waals surface area contributed by atoms with Crippen LogP contribution in [-0.2, 0) is 21.5 Å². The SMILES string of the molecule is COc1ccccc1CN1C(=O)O[C@H]2CN(S(=O)(=O)N(C)C)C[C@H]21. The predicted octanol–water partition coefficient (Wildman–Crippen LogP) is 0.507. The molecule has 1 amide bonds. The molecule has 2 aliphatic heterocycles. The fourth-order valence-electron chi connectivity index (χ4n) is 3.09. The Morgan fingerprint density at radius 3 is 2.67 bits per heavy atom. The molecule has 132 valence electrons. The Balaban J connectivity index is 1.79. The van der Waals surface area contributed by atoms with Gasteiger partial charge in [-0.25, -0.2) is 4.79 Å². The van der Waals surface area contributed by atoms with Crippen molar-refractivity contribution in [2.24, 2.45) is 0 Å². The van der Waals surface area contributed by atoms with Crippen LogP contribution in [0.25, 0.3) is 0 Å². The topological polar surface area (TPSA) is 79.4 Å². The van der Waals surface area contributed by atoms with Gasteiger partial charge < -0.3 is 9.47 Å². The van der Waals surface area contributed by atoms with Gasteiger partial charge in [-0.3, -0.25) is 4.90 Å². The lowest BCUT2D eigenvalue weighted by Crippen LogP contribution is -2.42. The van der Waals surface area contributed by atoms with Gasteiger partial charge in [0.05, 0.1) is 26.2 Å². The number of fused-ring (bicyclic) bond motifs is 1. The molecular formula is C15H21N3O5S. The van der Waals surface area contributed by atoms with Crippen LogP contribution < -0.4 is 4.74 Å². The molecule has 24 heavy (non-hydrogen) atoms. The molecule has 0 radical (unpaired) electrons. The molecule has 2 heterocycles. The highest BCUT2D eigenvalue weighted by molar-refractivity contribution is 7.86. The molecule has 8 nitrogen and oxygen atoms in total. The smallest absolute Gasteiger partial charge is 0.410 e. The number of hydrogen-bond donors (Lipinski definition) is 0. The van der Waals surface area contributed by atoms with Gasteiger partial charge in [-0.15, -0.1) is 0 Å². The molecule has 0 unspecified atom stereocenters. The minimum atomic E-state index is -3.52. The number of hydrogen-bond acceptors (Lipinski definition) is 5. The minimum Gasteiger partial charge on any atom is -0.496 e. The van der Waals surface area contributed by atoms with E-state index in [1.165, 1.54) is 22.7 Å². The normalized spacial score (nSPS) is 24.3. The maximum absolute atomic E-state index is 12.3. The highest BCUT2D eigenvalue weighted by atomic mass is 32.2. The van der Waals surface area contributed by atoms with Gasteiger partial charge in [0.25, 0.3) is 10.2 Å². The van der Waals surface area contributed by atoms with Gasteiger partial charge in [0, 0.05) is 26.2 Å². The van der Waals surface area contributed by atoms with Crippen LogP contribution in [0, 0.1) is 0 Å². The van der Waals surface area contributed by atoms with Gasteiger partial charge in [0.1, 0.15) is 11.9 Å². The maximum atomic E-state index is 12.3. The van der Waals surface area contributed by atoms with Crippen LogP contribution in [-0.4, -0.2) is 74.5 Å². The van der Waals surface area contributed by atoms with E-state index in [4.69, 9.17) is 9.47 Å². The first-order valence-corrected chi connectivity index (χ1v) is 9.01. The van der Waals surface area contributed by atoms with E-state index in [0.717, 1.165) is 5.56 Å². The molecule has 2 atom stereocenters. The van der Waals surface area contributed by atoms with Crippen molar-refractivity contribution in [1.82, 2.24) is 13.5 Å². The molecular weight excluding hydrogens is 334 g/mol. The average Bonchev–Trinajstić information content (AvgIpc) is 3.07. The number of carbonyl (C=O) groups is 1. The van der Waals surface area contributed by atoms with E-state index in [9.17, 15) is 13.2 Å². The van der Waals surface area contributed by atoms with Gasteiger partial charge in [0.15, 0.2) is 0 Å². The third-order valence-electron chi connectivity index (χ3n) is 4.41. The molecule has 1 aromatic carbocycles. The maximum Gasteiger partial charge on any atom is 0.410 e. The summed E-state index contributed by atoms with van der Waals surface area (Å²) >= 11 is 0. The van der Waals surface area contributed by atoms with E-state index >= 15 is 0 Å². The highest BCUT2D eigenvalue weighted by Gasteiger charge is 2.50. The van der Waals surface area contributed by atoms with E-state index in [-0.39, 0.29) is 19.1 Å². The zero-order valence-electron chi connectivity index (χ0n) is 13.9. The first kappa shape index (κ1) is 17.0. The van der Waals surface area contributed by atoms with Crippen LogP contribution in [0.15, 0.2) is 24.3 Å². The zero-order chi connectivity index (χ0) is 17.5. The number of ether oxygens (including phenoxy) is 2. The van der Waals surface area contributed by atoms with Gasteiger partial charge >= 0.3 is 6.09 Å². The molecule has 0 bridgehead atoms. The van der Waals surface area contributed by atoms with Crippen molar-refractivity contribution in [2.45, 2.75) is 18.7 Å². The fraction of sp³-hybridized carbons (Fsp3) is 0.533.